The second-order valence-corrected chi connectivity index (χ2v) is 5.48. The third kappa shape index (κ3) is 3.93. The number of nitrogens with zero attached hydrogens (tertiary/aromatic N) is 2. The Morgan fingerprint density at radius 1 is 1.16 bits per heavy atom. The van der Waals surface area contributed by atoms with Crippen LogP contribution in [-0.2, 0) is 6.54 Å². The summed E-state index contributed by atoms with van der Waals surface area (Å²) in [6.07, 6.45) is 4.02. The van der Waals surface area contributed by atoms with Gasteiger partial charge in [-0.2, -0.15) is 5.10 Å². The quantitative estimate of drug-likeness (QED) is 0.861. The maximum absolute atomic E-state index is 4.40. The molecule has 2 aromatic rings. The molecule has 1 aromatic carbocycles. The summed E-state index contributed by atoms with van der Waals surface area (Å²) in [6.45, 7) is 8.74. The van der Waals surface area contributed by atoms with E-state index in [4.69, 9.17) is 0 Å². The molecule has 3 nitrogen and oxygen atoms in total. The van der Waals surface area contributed by atoms with Gasteiger partial charge in [0, 0.05) is 18.3 Å². The Morgan fingerprint density at radius 3 is 2.58 bits per heavy atom. The zero-order valence-corrected chi connectivity index (χ0v) is 12.0. The van der Waals surface area contributed by atoms with Crippen LogP contribution < -0.4 is 5.32 Å². The van der Waals surface area contributed by atoms with Gasteiger partial charge in [0.15, 0.2) is 0 Å². The average molecular weight is 257 g/mol. The highest BCUT2D eigenvalue weighted by Gasteiger charge is 2.06. The van der Waals surface area contributed by atoms with Crippen molar-refractivity contribution in [2.24, 2.45) is 11.8 Å². The molecule has 3 heteroatoms. The number of benzene rings is 1. The van der Waals surface area contributed by atoms with E-state index in [0.29, 0.717) is 5.92 Å². The Hall–Kier alpha value is -1.61. The second kappa shape index (κ2) is 6.53. The van der Waals surface area contributed by atoms with Gasteiger partial charge in [0.1, 0.15) is 0 Å². The lowest BCUT2D eigenvalue weighted by Crippen LogP contribution is -2.23. The largest absolute Gasteiger partial charge is 0.312 e. The third-order valence-corrected chi connectivity index (χ3v) is 3.59. The van der Waals surface area contributed by atoms with E-state index < -0.39 is 0 Å². The van der Waals surface area contributed by atoms with Crippen molar-refractivity contribution >= 4 is 0 Å². The van der Waals surface area contributed by atoms with Crippen LogP contribution in [0.5, 0.6) is 0 Å². The fraction of sp³-hybridized carbons (Fsp3) is 0.438. The average Bonchev–Trinajstić information content (AvgIpc) is 2.88. The first-order chi connectivity index (χ1) is 9.16. The van der Waals surface area contributed by atoms with Crippen LogP contribution in [0.2, 0.25) is 0 Å². The molecular formula is C16H23N3. The monoisotopic (exact) mass is 257 g/mol. The van der Waals surface area contributed by atoms with Crippen molar-refractivity contribution in [3.05, 3.63) is 48.3 Å². The van der Waals surface area contributed by atoms with Crippen molar-refractivity contribution in [2.75, 3.05) is 6.54 Å². The van der Waals surface area contributed by atoms with Crippen molar-refractivity contribution in [2.45, 2.75) is 27.3 Å². The smallest absolute Gasteiger partial charge is 0.0645 e. The minimum Gasteiger partial charge on any atom is -0.312 e. The van der Waals surface area contributed by atoms with Crippen LogP contribution in [0.4, 0.5) is 0 Å². The predicted molar refractivity (Wildman–Crippen MR) is 79.3 cm³/mol. The summed E-state index contributed by atoms with van der Waals surface area (Å²) in [6, 6.07) is 10.2. The van der Waals surface area contributed by atoms with Gasteiger partial charge in [-0.3, -0.25) is 0 Å². The van der Waals surface area contributed by atoms with Crippen LogP contribution in [0.1, 0.15) is 26.3 Å². The highest BCUT2D eigenvalue weighted by Crippen LogP contribution is 2.09. The Labute approximate surface area is 115 Å². The van der Waals surface area contributed by atoms with Crippen LogP contribution in [0.15, 0.2) is 42.7 Å². The van der Waals surface area contributed by atoms with Crippen LogP contribution in [-0.4, -0.2) is 16.3 Å². The molecule has 0 bridgehead atoms. The van der Waals surface area contributed by atoms with Crippen molar-refractivity contribution in [1.29, 1.82) is 0 Å². The minimum atomic E-state index is 0.698. The first-order valence-electron chi connectivity index (χ1n) is 6.96. The predicted octanol–water partition coefficient (Wildman–Crippen LogP) is 3.25. The Morgan fingerprint density at radius 2 is 1.89 bits per heavy atom. The molecule has 0 saturated carbocycles. The molecule has 0 fully saturated rings. The fourth-order valence-electron chi connectivity index (χ4n) is 1.85. The number of aromatic nitrogens is 2. The number of rotatable bonds is 6. The molecular weight excluding hydrogens is 234 g/mol. The van der Waals surface area contributed by atoms with Gasteiger partial charge in [-0.1, -0.05) is 39.0 Å². The molecule has 1 aromatic heterocycles. The molecule has 1 heterocycles. The van der Waals surface area contributed by atoms with E-state index in [2.05, 4.69) is 49.5 Å². The van der Waals surface area contributed by atoms with Gasteiger partial charge in [-0.15, -0.1) is 0 Å². The Kier molecular flexibility index (Phi) is 4.74. The lowest BCUT2D eigenvalue weighted by atomic mass is 9.98. The van der Waals surface area contributed by atoms with Gasteiger partial charge in [-0.25, -0.2) is 4.68 Å². The molecule has 19 heavy (non-hydrogen) atoms. The molecule has 1 atom stereocenters. The van der Waals surface area contributed by atoms with Gasteiger partial charge < -0.3 is 5.32 Å². The lowest BCUT2D eigenvalue weighted by molar-refractivity contribution is 0.392. The molecule has 102 valence electrons. The molecule has 0 saturated heterocycles. The summed E-state index contributed by atoms with van der Waals surface area (Å²) in [5.74, 6) is 1.42. The maximum Gasteiger partial charge on any atom is 0.0645 e. The Balaban J connectivity index is 1.88. The summed E-state index contributed by atoms with van der Waals surface area (Å²) in [7, 11) is 0. The molecule has 0 radical (unpaired) electrons. The topological polar surface area (TPSA) is 29.9 Å². The van der Waals surface area contributed by atoms with E-state index in [1.54, 1.807) is 0 Å². The zero-order chi connectivity index (χ0) is 13.7. The molecule has 2 rings (SSSR count). The van der Waals surface area contributed by atoms with Crippen LogP contribution >= 0.6 is 0 Å². The van der Waals surface area contributed by atoms with E-state index in [1.807, 2.05) is 29.1 Å². The zero-order valence-electron chi connectivity index (χ0n) is 12.0. The Bertz CT molecular complexity index is 488. The summed E-state index contributed by atoms with van der Waals surface area (Å²) in [5.41, 5.74) is 2.32. The number of hydrogen-bond acceptors (Lipinski definition) is 2. The molecule has 0 aliphatic heterocycles. The molecule has 0 amide bonds. The van der Waals surface area contributed by atoms with E-state index in [9.17, 15) is 0 Å². The van der Waals surface area contributed by atoms with Crippen molar-refractivity contribution in [3.8, 4) is 5.69 Å². The van der Waals surface area contributed by atoms with Gasteiger partial charge in [-0.05, 0) is 30.5 Å². The summed E-state index contributed by atoms with van der Waals surface area (Å²) in [4.78, 5) is 0. The van der Waals surface area contributed by atoms with Gasteiger partial charge in [0.2, 0.25) is 0 Å². The van der Waals surface area contributed by atoms with Crippen LogP contribution in [0.25, 0.3) is 5.69 Å². The molecule has 0 spiro atoms. The van der Waals surface area contributed by atoms with Gasteiger partial charge in [0.25, 0.3) is 0 Å². The van der Waals surface area contributed by atoms with Crippen LogP contribution in [0.3, 0.4) is 0 Å². The normalized spacial score (nSPS) is 12.8. The van der Waals surface area contributed by atoms with E-state index in [-0.39, 0.29) is 0 Å². The van der Waals surface area contributed by atoms with E-state index in [0.717, 1.165) is 24.7 Å². The highest BCUT2D eigenvalue weighted by molar-refractivity contribution is 5.30. The SMILES string of the molecule is CC(C)C(C)CNCc1cnn(-c2ccccc2)c1. The first kappa shape index (κ1) is 13.8. The fourth-order valence-corrected chi connectivity index (χ4v) is 1.85. The van der Waals surface area contributed by atoms with Crippen molar-refractivity contribution in [3.63, 3.8) is 0 Å². The minimum absolute atomic E-state index is 0.698. The number of hydrogen-bond donors (Lipinski definition) is 1. The maximum atomic E-state index is 4.40. The summed E-state index contributed by atoms with van der Waals surface area (Å²) < 4.78 is 1.92. The van der Waals surface area contributed by atoms with Crippen molar-refractivity contribution in [1.82, 2.24) is 15.1 Å². The van der Waals surface area contributed by atoms with Gasteiger partial charge >= 0.3 is 0 Å². The van der Waals surface area contributed by atoms with Crippen molar-refractivity contribution < 1.29 is 0 Å². The summed E-state index contributed by atoms with van der Waals surface area (Å²) >= 11 is 0. The summed E-state index contributed by atoms with van der Waals surface area (Å²) in [5, 5.41) is 7.89. The van der Waals surface area contributed by atoms with E-state index in [1.165, 1.54) is 5.56 Å². The third-order valence-electron chi connectivity index (χ3n) is 3.59. The lowest BCUT2D eigenvalue weighted by Gasteiger charge is -2.15. The number of nitrogens with one attached hydrogen (secondary N) is 1. The number of para-hydroxylation sites is 1. The molecule has 0 aliphatic carbocycles. The molecule has 0 aliphatic rings. The first-order valence-corrected chi connectivity index (χ1v) is 6.96. The van der Waals surface area contributed by atoms with E-state index >= 15 is 0 Å². The standard InChI is InChI=1S/C16H23N3/c1-13(2)14(3)9-17-10-15-11-18-19(12-15)16-7-5-4-6-8-16/h4-8,11-14,17H,9-10H2,1-3H3. The highest BCUT2D eigenvalue weighted by atomic mass is 15.3. The molecule has 1 unspecified atom stereocenters. The molecule has 1 N–H and O–H groups in total. The van der Waals surface area contributed by atoms with Crippen LogP contribution in [0, 0.1) is 11.8 Å². The second-order valence-electron chi connectivity index (χ2n) is 5.48. The van der Waals surface area contributed by atoms with Gasteiger partial charge in [0.05, 0.1) is 11.9 Å².